The number of hydrogen-bond acceptors (Lipinski definition) is 2. The van der Waals surface area contributed by atoms with E-state index in [4.69, 9.17) is 0 Å². The molecule has 1 amide bonds. The third kappa shape index (κ3) is 2.97. The summed E-state index contributed by atoms with van der Waals surface area (Å²) in [5.41, 5.74) is 1.25. The normalized spacial score (nSPS) is 21.7. The number of likely N-dealkylation sites (tertiary alicyclic amines) is 1. The Hall–Kier alpha value is -2.10. The zero-order valence-electron chi connectivity index (χ0n) is 14.0. The second-order valence-electron chi connectivity index (χ2n) is 7.32. The van der Waals surface area contributed by atoms with Crippen LogP contribution >= 0.6 is 0 Å². The summed E-state index contributed by atoms with van der Waals surface area (Å²) in [5, 5.41) is 0.977. The molecule has 1 aromatic heterocycles. The minimum atomic E-state index is -0.145. The molecule has 4 nitrogen and oxygen atoms in total. The Kier molecular flexibility index (Phi) is 4.13. The third-order valence-electron chi connectivity index (χ3n) is 5.82. The molecule has 1 unspecified atom stereocenters. The van der Waals surface area contributed by atoms with Crippen molar-refractivity contribution in [3.8, 4) is 0 Å². The molecule has 0 spiro atoms. The number of rotatable bonds is 3. The number of benzene rings is 1. The van der Waals surface area contributed by atoms with Crippen LogP contribution in [0.15, 0.2) is 35.1 Å². The molecule has 1 aromatic carbocycles. The van der Waals surface area contributed by atoms with E-state index >= 15 is 0 Å². The van der Waals surface area contributed by atoms with Crippen LogP contribution in [0.3, 0.4) is 0 Å². The zero-order valence-corrected chi connectivity index (χ0v) is 14.0. The molecule has 1 aliphatic carbocycles. The Bertz CT molecular complexity index is 805. The predicted molar refractivity (Wildman–Crippen MR) is 94.9 cm³/mol. The van der Waals surface area contributed by atoms with Gasteiger partial charge in [0.05, 0.1) is 6.42 Å². The molecule has 2 aliphatic rings. The number of carbonyl (C=O) groups excluding carboxylic acids is 1. The van der Waals surface area contributed by atoms with Crippen molar-refractivity contribution in [2.75, 3.05) is 13.1 Å². The number of hydrogen-bond donors (Lipinski definition) is 1. The lowest BCUT2D eigenvalue weighted by Crippen LogP contribution is -2.32. The molecule has 0 bridgehead atoms. The number of fused-ring (bicyclic) bond motifs is 1. The first-order chi connectivity index (χ1) is 11.7. The highest BCUT2D eigenvalue weighted by molar-refractivity contribution is 5.82. The van der Waals surface area contributed by atoms with Crippen LogP contribution in [0.2, 0.25) is 0 Å². The standard InChI is InChI=1S/C20H24N2O2/c23-19(22-10-9-16(13-22)14-5-1-2-6-14)12-17-11-15-7-3-4-8-18(15)21-20(17)24/h3-4,7-8,11,14,16H,1-2,5-6,9-10,12-13H2,(H,21,24). The molecule has 4 heteroatoms. The number of amides is 1. The Morgan fingerprint density at radius 3 is 2.75 bits per heavy atom. The lowest BCUT2D eigenvalue weighted by molar-refractivity contribution is -0.129. The second-order valence-corrected chi connectivity index (χ2v) is 7.32. The van der Waals surface area contributed by atoms with E-state index in [1.165, 1.54) is 25.7 Å². The van der Waals surface area contributed by atoms with E-state index in [0.717, 1.165) is 36.3 Å². The second kappa shape index (κ2) is 6.42. The number of nitrogens with zero attached hydrogens (tertiary/aromatic N) is 1. The van der Waals surface area contributed by atoms with Crippen molar-refractivity contribution in [3.63, 3.8) is 0 Å². The highest BCUT2D eigenvalue weighted by Gasteiger charge is 2.33. The van der Waals surface area contributed by atoms with Gasteiger partial charge < -0.3 is 9.88 Å². The van der Waals surface area contributed by atoms with Gasteiger partial charge in [-0.05, 0) is 35.8 Å². The SMILES string of the molecule is O=C(Cc1cc2ccccc2[nH]c1=O)N1CCC(C2CCCC2)C1. The van der Waals surface area contributed by atoms with E-state index in [-0.39, 0.29) is 17.9 Å². The molecule has 1 atom stereocenters. The Morgan fingerprint density at radius 1 is 1.12 bits per heavy atom. The summed E-state index contributed by atoms with van der Waals surface area (Å²) in [6.07, 6.45) is 6.69. The Labute approximate surface area is 141 Å². The average molecular weight is 324 g/mol. The van der Waals surface area contributed by atoms with Crippen LogP contribution < -0.4 is 5.56 Å². The van der Waals surface area contributed by atoms with Gasteiger partial charge in [0.25, 0.3) is 5.56 Å². The number of aromatic nitrogens is 1. The molecule has 1 saturated carbocycles. The summed E-state index contributed by atoms with van der Waals surface area (Å²) in [6.45, 7) is 1.74. The maximum Gasteiger partial charge on any atom is 0.252 e. The van der Waals surface area contributed by atoms with Gasteiger partial charge in [-0.25, -0.2) is 0 Å². The van der Waals surface area contributed by atoms with Gasteiger partial charge >= 0.3 is 0 Å². The number of para-hydroxylation sites is 1. The van der Waals surface area contributed by atoms with Crippen molar-refractivity contribution in [2.24, 2.45) is 11.8 Å². The molecule has 1 N–H and O–H groups in total. The first kappa shape index (κ1) is 15.4. The van der Waals surface area contributed by atoms with E-state index in [0.29, 0.717) is 11.5 Å². The van der Waals surface area contributed by atoms with Crippen molar-refractivity contribution in [2.45, 2.75) is 38.5 Å². The van der Waals surface area contributed by atoms with Gasteiger partial charge in [-0.3, -0.25) is 9.59 Å². The Balaban J connectivity index is 1.46. The number of nitrogens with one attached hydrogen (secondary N) is 1. The van der Waals surface area contributed by atoms with Crippen LogP contribution in [-0.2, 0) is 11.2 Å². The van der Waals surface area contributed by atoms with E-state index in [1.54, 1.807) is 0 Å². The highest BCUT2D eigenvalue weighted by Crippen LogP contribution is 2.36. The lowest BCUT2D eigenvalue weighted by atomic mass is 9.90. The first-order valence-electron chi connectivity index (χ1n) is 9.09. The fourth-order valence-electron chi connectivity index (χ4n) is 4.43. The number of aromatic amines is 1. The van der Waals surface area contributed by atoms with E-state index in [9.17, 15) is 9.59 Å². The molecule has 2 fully saturated rings. The zero-order chi connectivity index (χ0) is 16.5. The monoisotopic (exact) mass is 324 g/mol. The molecular formula is C20H24N2O2. The minimum Gasteiger partial charge on any atom is -0.342 e. The van der Waals surface area contributed by atoms with Crippen molar-refractivity contribution in [1.29, 1.82) is 0 Å². The average Bonchev–Trinajstić information content (AvgIpc) is 3.26. The van der Waals surface area contributed by atoms with Gasteiger partial charge in [-0.15, -0.1) is 0 Å². The maximum atomic E-state index is 12.6. The highest BCUT2D eigenvalue weighted by atomic mass is 16.2. The molecule has 0 radical (unpaired) electrons. The fourth-order valence-corrected chi connectivity index (χ4v) is 4.43. The van der Waals surface area contributed by atoms with Gasteiger partial charge in [-0.1, -0.05) is 43.9 Å². The summed E-state index contributed by atoms with van der Waals surface area (Å²) in [7, 11) is 0. The molecule has 1 aliphatic heterocycles. The van der Waals surface area contributed by atoms with Crippen LogP contribution in [0.5, 0.6) is 0 Å². The van der Waals surface area contributed by atoms with Gasteiger partial charge in [0.1, 0.15) is 0 Å². The maximum absolute atomic E-state index is 12.6. The van der Waals surface area contributed by atoms with E-state index in [2.05, 4.69) is 4.98 Å². The smallest absolute Gasteiger partial charge is 0.252 e. The lowest BCUT2D eigenvalue weighted by Gasteiger charge is -2.20. The van der Waals surface area contributed by atoms with Gasteiger partial charge in [0, 0.05) is 24.2 Å². The largest absolute Gasteiger partial charge is 0.342 e. The van der Waals surface area contributed by atoms with Crippen LogP contribution in [0, 0.1) is 11.8 Å². The van der Waals surface area contributed by atoms with Gasteiger partial charge in [0.2, 0.25) is 5.91 Å². The van der Waals surface area contributed by atoms with Crippen LogP contribution in [0.25, 0.3) is 10.9 Å². The summed E-state index contributed by atoms with van der Waals surface area (Å²) in [4.78, 5) is 29.7. The van der Waals surface area contributed by atoms with Crippen molar-refractivity contribution < 1.29 is 4.79 Å². The number of H-pyrrole nitrogens is 1. The predicted octanol–water partition coefficient (Wildman–Crippen LogP) is 3.11. The van der Waals surface area contributed by atoms with E-state index in [1.807, 2.05) is 35.2 Å². The molecular weight excluding hydrogens is 300 g/mol. The fraction of sp³-hybridized carbons (Fsp3) is 0.500. The van der Waals surface area contributed by atoms with Crippen LogP contribution in [-0.4, -0.2) is 28.9 Å². The Morgan fingerprint density at radius 2 is 1.92 bits per heavy atom. The van der Waals surface area contributed by atoms with Crippen molar-refractivity contribution in [1.82, 2.24) is 9.88 Å². The molecule has 126 valence electrons. The van der Waals surface area contributed by atoms with Crippen LogP contribution in [0.4, 0.5) is 0 Å². The van der Waals surface area contributed by atoms with E-state index < -0.39 is 0 Å². The third-order valence-corrected chi connectivity index (χ3v) is 5.82. The molecule has 1 saturated heterocycles. The molecule has 4 rings (SSSR count). The summed E-state index contributed by atoms with van der Waals surface area (Å²) >= 11 is 0. The summed E-state index contributed by atoms with van der Waals surface area (Å²) in [5.74, 6) is 1.58. The quantitative estimate of drug-likeness (QED) is 0.943. The van der Waals surface area contributed by atoms with Gasteiger partial charge in [0.15, 0.2) is 0 Å². The van der Waals surface area contributed by atoms with Crippen molar-refractivity contribution >= 4 is 16.8 Å². The summed E-state index contributed by atoms with van der Waals surface area (Å²) < 4.78 is 0. The van der Waals surface area contributed by atoms with Gasteiger partial charge in [-0.2, -0.15) is 0 Å². The number of pyridine rings is 1. The molecule has 2 aromatic rings. The topological polar surface area (TPSA) is 53.2 Å². The molecule has 24 heavy (non-hydrogen) atoms. The number of carbonyl (C=O) groups is 1. The van der Waals surface area contributed by atoms with Crippen molar-refractivity contribution in [3.05, 3.63) is 46.2 Å². The first-order valence-corrected chi connectivity index (χ1v) is 9.09. The minimum absolute atomic E-state index is 0.0938. The van der Waals surface area contributed by atoms with Crippen LogP contribution in [0.1, 0.15) is 37.7 Å². The molecule has 2 heterocycles. The summed E-state index contributed by atoms with van der Waals surface area (Å²) in [6, 6.07) is 9.55.